The van der Waals surface area contributed by atoms with E-state index >= 15 is 0 Å². The summed E-state index contributed by atoms with van der Waals surface area (Å²) in [4.78, 5) is 23.5. The Kier molecular flexibility index (Phi) is 11.0. The molecule has 0 heterocycles. The third kappa shape index (κ3) is 8.20. The van der Waals surface area contributed by atoms with Crippen LogP contribution >= 0.6 is 15.9 Å². The summed E-state index contributed by atoms with van der Waals surface area (Å²) >= 11 is 3.50. The number of halogens is 1. The van der Waals surface area contributed by atoms with Gasteiger partial charge in [-0.05, 0) is 83.4 Å². The van der Waals surface area contributed by atoms with Crippen molar-refractivity contribution in [1.29, 1.82) is 0 Å². The Labute approximate surface area is 274 Å². The van der Waals surface area contributed by atoms with Crippen molar-refractivity contribution < 1.29 is 32.3 Å². The van der Waals surface area contributed by atoms with E-state index < -0.39 is 27.4 Å². The number of aryl methyl sites for hydroxylation is 2. The maximum Gasteiger partial charge on any atom is 0.273 e. The third-order valence-corrected chi connectivity index (χ3v) is 9.13. The van der Waals surface area contributed by atoms with Gasteiger partial charge in [-0.2, -0.15) is 5.10 Å². The second-order valence-corrected chi connectivity index (χ2v) is 12.7. The number of carbonyl (C=O) groups excluding carboxylic acids is 1. The number of benzene rings is 4. The van der Waals surface area contributed by atoms with Crippen molar-refractivity contribution in [2.75, 3.05) is 25.1 Å². The zero-order chi connectivity index (χ0) is 33.4. The molecule has 12 nitrogen and oxygen atoms in total. The number of nitrogens with zero attached hydrogens (tertiary/aromatic N) is 3. The molecule has 240 valence electrons. The highest BCUT2D eigenvalue weighted by Crippen LogP contribution is 2.37. The normalized spacial score (nSPS) is 11.2. The van der Waals surface area contributed by atoms with Crippen molar-refractivity contribution in [2.24, 2.45) is 5.10 Å². The molecule has 0 aliphatic heterocycles. The van der Waals surface area contributed by atoms with Gasteiger partial charge in [0, 0.05) is 11.6 Å². The Balaban J connectivity index is 1.53. The van der Waals surface area contributed by atoms with Gasteiger partial charge in [-0.1, -0.05) is 35.9 Å². The number of hydrazone groups is 1. The molecule has 0 aliphatic rings. The first-order valence-electron chi connectivity index (χ1n) is 13.7. The van der Waals surface area contributed by atoms with Gasteiger partial charge in [0.05, 0.1) is 40.4 Å². The van der Waals surface area contributed by atoms with Gasteiger partial charge in [-0.3, -0.25) is 19.2 Å². The van der Waals surface area contributed by atoms with E-state index in [-0.39, 0.29) is 16.3 Å². The molecule has 0 fully saturated rings. The largest absolute Gasteiger partial charge is 0.497 e. The lowest BCUT2D eigenvalue weighted by molar-refractivity contribution is -0.385. The molecule has 0 unspecified atom stereocenters. The van der Waals surface area contributed by atoms with Gasteiger partial charge < -0.3 is 14.2 Å². The van der Waals surface area contributed by atoms with E-state index in [1.165, 1.54) is 63.8 Å². The van der Waals surface area contributed by atoms with Gasteiger partial charge in [-0.15, -0.1) is 0 Å². The standard InChI is InChI=1S/C32H31BrN4O8S/c1-21-5-8-23(9-6-21)20-45-32-28(33)15-24(16-30(32)44-4)18-34-35-31(38)19-36(25-10-12-26(43-3)13-11-25)46(41,42)27-14-7-22(2)29(17-27)37(39)40/h5-18H,19-20H2,1-4H3,(H,35,38)/b34-18-. The highest BCUT2D eigenvalue weighted by molar-refractivity contribution is 9.10. The average molecular weight is 712 g/mol. The summed E-state index contributed by atoms with van der Waals surface area (Å²) in [6.07, 6.45) is 1.37. The van der Waals surface area contributed by atoms with E-state index in [2.05, 4.69) is 26.5 Å². The fourth-order valence-corrected chi connectivity index (χ4v) is 6.29. The molecule has 0 radical (unpaired) electrons. The zero-order valence-electron chi connectivity index (χ0n) is 25.4. The summed E-state index contributed by atoms with van der Waals surface area (Å²) in [5.41, 5.74) is 5.09. The molecule has 0 bridgehead atoms. The summed E-state index contributed by atoms with van der Waals surface area (Å²) < 4.78 is 45.5. The van der Waals surface area contributed by atoms with E-state index in [0.717, 1.165) is 21.5 Å². The Morgan fingerprint density at radius 3 is 2.33 bits per heavy atom. The first-order valence-corrected chi connectivity index (χ1v) is 16.0. The van der Waals surface area contributed by atoms with Gasteiger partial charge in [0.1, 0.15) is 18.9 Å². The molecule has 0 spiro atoms. The van der Waals surface area contributed by atoms with E-state index in [0.29, 0.717) is 39.5 Å². The minimum Gasteiger partial charge on any atom is -0.497 e. The van der Waals surface area contributed by atoms with Crippen LogP contribution < -0.4 is 23.9 Å². The number of rotatable bonds is 13. The van der Waals surface area contributed by atoms with Gasteiger partial charge in [-0.25, -0.2) is 13.8 Å². The van der Waals surface area contributed by atoms with Crippen LogP contribution in [0.25, 0.3) is 0 Å². The average Bonchev–Trinajstić information content (AvgIpc) is 3.03. The highest BCUT2D eigenvalue weighted by Gasteiger charge is 2.29. The highest BCUT2D eigenvalue weighted by atomic mass is 79.9. The Morgan fingerprint density at radius 2 is 1.70 bits per heavy atom. The number of anilines is 1. The van der Waals surface area contributed by atoms with Gasteiger partial charge >= 0.3 is 0 Å². The minimum absolute atomic E-state index is 0.137. The molecule has 0 aliphatic carbocycles. The topological polar surface area (TPSA) is 150 Å². The van der Waals surface area contributed by atoms with Crippen molar-refractivity contribution in [3.05, 3.63) is 116 Å². The fourth-order valence-electron chi connectivity index (χ4n) is 4.28. The predicted octanol–water partition coefficient (Wildman–Crippen LogP) is 5.92. The molecular weight excluding hydrogens is 680 g/mol. The summed E-state index contributed by atoms with van der Waals surface area (Å²) in [5, 5.41) is 15.5. The number of carbonyl (C=O) groups is 1. The number of ether oxygens (including phenoxy) is 3. The molecule has 0 saturated heterocycles. The molecule has 1 N–H and O–H groups in total. The number of methoxy groups -OCH3 is 2. The van der Waals surface area contributed by atoms with Gasteiger partial charge in [0.2, 0.25) is 0 Å². The summed E-state index contributed by atoms with van der Waals surface area (Å²) in [6.45, 7) is 3.16. The number of nitro benzene ring substituents is 1. The van der Waals surface area contributed by atoms with Crippen LogP contribution in [-0.4, -0.2) is 46.2 Å². The molecule has 1 amide bonds. The third-order valence-electron chi connectivity index (χ3n) is 6.77. The first kappa shape index (κ1) is 33.9. The predicted molar refractivity (Wildman–Crippen MR) is 177 cm³/mol. The van der Waals surface area contributed by atoms with Crippen LogP contribution in [-0.2, 0) is 21.4 Å². The molecule has 0 saturated carbocycles. The van der Waals surface area contributed by atoms with Crippen LogP contribution in [0.5, 0.6) is 17.2 Å². The number of nitro groups is 1. The second kappa shape index (κ2) is 14.9. The van der Waals surface area contributed by atoms with E-state index in [4.69, 9.17) is 14.2 Å². The quantitative estimate of drug-likeness (QED) is 0.102. The number of sulfonamides is 1. The SMILES string of the molecule is COc1ccc(N(CC(=O)N/N=C\c2cc(Br)c(OCc3ccc(C)cc3)c(OC)c2)S(=O)(=O)c2ccc(C)c([N+](=O)[O-])c2)cc1. The number of nitrogens with one attached hydrogen (secondary N) is 1. The molecule has 0 aromatic heterocycles. The monoisotopic (exact) mass is 710 g/mol. The number of hydrogen-bond acceptors (Lipinski definition) is 9. The summed E-state index contributed by atoms with van der Waals surface area (Å²) in [5.74, 6) is 0.620. The van der Waals surface area contributed by atoms with Crippen LogP contribution in [0.15, 0.2) is 93.3 Å². The lowest BCUT2D eigenvalue weighted by Crippen LogP contribution is -2.39. The smallest absolute Gasteiger partial charge is 0.273 e. The molecule has 46 heavy (non-hydrogen) atoms. The van der Waals surface area contributed by atoms with Crippen molar-refractivity contribution in [1.82, 2.24) is 5.43 Å². The van der Waals surface area contributed by atoms with Crippen LogP contribution in [0, 0.1) is 24.0 Å². The minimum atomic E-state index is -4.43. The van der Waals surface area contributed by atoms with Crippen LogP contribution in [0.4, 0.5) is 11.4 Å². The van der Waals surface area contributed by atoms with Crippen LogP contribution in [0.3, 0.4) is 0 Å². The van der Waals surface area contributed by atoms with Crippen molar-refractivity contribution >= 4 is 49.4 Å². The maximum absolute atomic E-state index is 13.7. The van der Waals surface area contributed by atoms with E-state index in [9.17, 15) is 23.3 Å². The molecule has 4 rings (SSSR count). The maximum atomic E-state index is 13.7. The van der Waals surface area contributed by atoms with Gasteiger partial charge in [0.15, 0.2) is 11.5 Å². The molecule has 14 heteroatoms. The Morgan fingerprint density at radius 1 is 1.00 bits per heavy atom. The molecule has 0 atom stereocenters. The van der Waals surface area contributed by atoms with Crippen LogP contribution in [0.1, 0.15) is 22.3 Å². The lowest BCUT2D eigenvalue weighted by Gasteiger charge is -2.24. The zero-order valence-corrected chi connectivity index (χ0v) is 27.8. The van der Waals surface area contributed by atoms with Crippen LogP contribution in [0.2, 0.25) is 0 Å². The fraction of sp³-hybridized carbons (Fsp3) is 0.188. The summed E-state index contributed by atoms with van der Waals surface area (Å²) in [6, 6.07) is 20.9. The molecule has 4 aromatic rings. The number of amides is 1. The second-order valence-electron chi connectivity index (χ2n) is 10.0. The van der Waals surface area contributed by atoms with Gasteiger partial charge in [0.25, 0.3) is 21.6 Å². The molecule has 4 aromatic carbocycles. The Hall–Kier alpha value is -4.95. The molecular formula is C32H31BrN4O8S. The van der Waals surface area contributed by atoms with Crippen molar-refractivity contribution in [2.45, 2.75) is 25.3 Å². The lowest BCUT2D eigenvalue weighted by atomic mass is 10.2. The number of hydrogen-bond donors (Lipinski definition) is 1. The van der Waals surface area contributed by atoms with Crippen molar-refractivity contribution in [3.63, 3.8) is 0 Å². The van der Waals surface area contributed by atoms with E-state index in [1.807, 2.05) is 31.2 Å². The van der Waals surface area contributed by atoms with E-state index in [1.54, 1.807) is 12.1 Å². The Bertz CT molecular complexity index is 1860. The van der Waals surface area contributed by atoms with Crippen molar-refractivity contribution in [3.8, 4) is 17.2 Å². The summed E-state index contributed by atoms with van der Waals surface area (Å²) in [7, 11) is -1.47. The first-order chi connectivity index (χ1) is 21.9.